The molecule has 0 unspecified atom stereocenters. The lowest BCUT2D eigenvalue weighted by molar-refractivity contribution is -0.141. The fraction of sp³-hybridized carbons (Fsp3) is 0.227. The highest BCUT2D eigenvalue weighted by molar-refractivity contribution is 7.99. The van der Waals surface area contributed by atoms with Crippen LogP contribution in [0.4, 0.5) is 18.9 Å². The van der Waals surface area contributed by atoms with Crippen LogP contribution in [0.1, 0.15) is 17.3 Å². The number of nitrogens with zero attached hydrogens (tertiary/aromatic N) is 2. The monoisotopic (exact) mass is 477 g/mol. The van der Waals surface area contributed by atoms with Crippen LogP contribution < -0.4 is 14.8 Å². The molecule has 0 atom stereocenters. The van der Waals surface area contributed by atoms with E-state index < -0.39 is 18.6 Å². The number of nitrogens with one attached hydrogen (secondary N) is 1. The van der Waals surface area contributed by atoms with E-state index in [-0.39, 0.29) is 34.7 Å². The molecule has 0 bridgehead atoms. The van der Waals surface area contributed by atoms with Crippen LogP contribution in [0.3, 0.4) is 0 Å². The van der Waals surface area contributed by atoms with Crippen LogP contribution in [-0.4, -0.2) is 40.0 Å². The van der Waals surface area contributed by atoms with Crippen LogP contribution >= 0.6 is 11.8 Å². The number of thioether (sulfide) groups is 1. The summed E-state index contributed by atoms with van der Waals surface area (Å²) in [5.41, 5.74) is 1.35. The van der Waals surface area contributed by atoms with E-state index in [2.05, 4.69) is 10.3 Å². The normalized spacial score (nSPS) is 12.6. The number of Topliss-reactive ketones (excluding diaryl/α,β-unsaturated/α-hetero) is 1. The minimum Gasteiger partial charge on any atom is -0.454 e. The molecule has 2 aromatic carbocycles. The SMILES string of the molecule is CC(=O)c1cc2c(cc1NC(=O)CSc1ncc(-c3ccccc3)n1CC(F)(F)F)OCO2. The Morgan fingerprint density at radius 2 is 1.85 bits per heavy atom. The Morgan fingerprint density at radius 1 is 1.15 bits per heavy atom. The van der Waals surface area contributed by atoms with Crippen LogP contribution in [0.2, 0.25) is 0 Å². The predicted molar refractivity (Wildman–Crippen MR) is 116 cm³/mol. The zero-order valence-electron chi connectivity index (χ0n) is 17.3. The lowest BCUT2D eigenvalue weighted by Crippen LogP contribution is -2.20. The molecule has 33 heavy (non-hydrogen) atoms. The fourth-order valence-corrected chi connectivity index (χ4v) is 4.08. The van der Waals surface area contributed by atoms with Crippen molar-refractivity contribution in [2.24, 2.45) is 0 Å². The molecule has 1 aliphatic heterocycles. The first-order valence-corrected chi connectivity index (χ1v) is 10.7. The highest BCUT2D eigenvalue weighted by Gasteiger charge is 2.31. The van der Waals surface area contributed by atoms with Gasteiger partial charge in [0.25, 0.3) is 0 Å². The molecule has 0 aliphatic carbocycles. The Bertz CT molecular complexity index is 1200. The van der Waals surface area contributed by atoms with Gasteiger partial charge in [-0.25, -0.2) is 4.98 Å². The third-order valence-electron chi connectivity index (χ3n) is 4.72. The second-order valence-electron chi connectivity index (χ2n) is 7.14. The van der Waals surface area contributed by atoms with Crippen LogP contribution in [0.25, 0.3) is 11.3 Å². The number of ether oxygens (including phenoxy) is 2. The van der Waals surface area contributed by atoms with E-state index in [1.807, 2.05) is 0 Å². The second-order valence-corrected chi connectivity index (χ2v) is 8.08. The lowest BCUT2D eigenvalue weighted by Gasteiger charge is -2.14. The third-order valence-corrected chi connectivity index (χ3v) is 5.71. The lowest BCUT2D eigenvalue weighted by atomic mass is 10.1. The molecule has 1 amide bonds. The van der Waals surface area contributed by atoms with Crippen molar-refractivity contribution in [2.75, 3.05) is 17.9 Å². The molecule has 1 aliphatic rings. The van der Waals surface area contributed by atoms with E-state index >= 15 is 0 Å². The number of amides is 1. The first kappa shape index (κ1) is 22.7. The molecule has 172 valence electrons. The van der Waals surface area contributed by atoms with E-state index in [1.165, 1.54) is 25.3 Å². The molecular weight excluding hydrogens is 459 g/mol. The van der Waals surface area contributed by atoms with Gasteiger partial charge in [-0.1, -0.05) is 42.1 Å². The Balaban J connectivity index is 1.52. The predicted octanol–water partition coefficient (Wildman–Crippen LogP) is 4.77. The van der Waals surface area contributed by atoms with Crippen molar-refractivity contribution in [2.45, 2.75) is 24.8 Å². The summed E-state index contributed by atoms with van der Waals surface area (Å²) in [6.07, 6.45) is -3.11. The number of hydrogen-bond acceptors (Lipinski definition) is 6. The van der Waals surface area contributed by atoms with Gasteiger partial charge in [-0.3, -0.25) is 9.59 Å². The number of carbonyl (C=O) groups excluding carboxylic acids is 2. The number of benzene rings is 2. The highest BCUT2D eigenvalue weighted by atomic mass is 32.2. The Hall–Kier alpha value is -3.47. The smallest absolute Gasteiger partial charge is 0.406 e. The van der Waals surface area contributed by atoms with Gasteiger partial charge in [-0.2, -0.15) is 13.2 Å². The number of ketones is 1. The summed E-state index contributed by atoms with van der Waals surface area (Å²) in [6, 6.07) is 11.5. The molecule has 2 heterocycles. The van der Waals surface area contributed by atoms with E-state index in [4.69, 9.17) is 9.47 Å². The maximum absolute atomic E-state index is 13.2. The molecule has 1 N–H and O–H groups in total. The van der Waals surface area contributed by atoms with Gasteiger partial charge in [-0.15, -0.1) is 0 Å². The van der Waals surface area contributed by atoms with Crippen molar-refractivity contribution in [3.05, 3.63) is 54.2 Å². The average molecular weight is 477 g/mol. The van der Waals surface area contributed by atoms with Crippen LogP contribution in [-0.2, 0) is 11.3 Å². The van der Waals surface area contributed by atoms with Crippen molar-refractivity contribution >= 4 is 29.1 Å². The van der Waals surface area contributed by atoms with Crippen LogP contribution in [0.5, 0.6) is 11.5 Å². The Morgan fingerprint density at radius 3 is 2.52 bits per heavy atom. The summed E-state index contributed by atoms with van der Waals surface area (Å²) in [4.78, 5) is 28.6. The van der Waals surface area contributed by atoms with Gasteiger partial charge in [0.1, 0.15) is 6.54 Å². The largest absolute Gasteiger partial charge is 0.454 e. The molecule has 11 heteroatoms. The molecule has 0 fully saturated rings. The Labute approximate surface area is 190 Å². The topological polar surface area (TPSA) is 82.5 Å². The van der Waals surface area contributed by atoms with Gasteiger partial charge < -0.3 is 19.4 Å². The zero-order valence-corrected chi connectivity index (χ0v) is 18.1. The number of aromatic nitrogens is 2. The van der Waals surface area contributed by atoms with E-state index in [9.17, 15) is 22.8 Å². The second kappa shape index (κ2) is 9.18. The number of alkyl halides is 3. The highest BCUT2D eigenvalue weighted by Crippen LogP contribution is 2.37. The summed E-state index contributed by atoms with van der Waals surface area (Å²) in [6.45, 7) is 0.115. The van der Waals surface area contributed by atoms with Crippen LogP contribution in [0.15, 0.2) is 53.8 Å². The molecule has 0 spiro atoms. The number of anilines is 1. The van der Waals surface area contributed by atoms with E-state index in [0.29, 0.717) is 22.8 Å². The summed E-state index contributed by atoms with van der Waals surface area (Å²) in [5, 5.41) is 2.68. The molecule has 7 nitrogen and oxygen atoms in total. The number of halogens is 3. The number of rotatable bonds is 7. The molecular formula is C22H18F3N3O4S. The minimum atomic E-state index is -4.47. The summed E-state index contributed by atoms with van der Waals surface area (Å²) in [5.74, 6) is -0.227. The summed E-state index contributed by atoms with van der Waals surface area (Å²) >= 11 is 0.869. The molecule has 0 radical (unpaired) electrons. The molecule has 4 rings (SSSR count). The first-order chi connectivity index (χ1) is 15.7. The van der Waals surface area contributed by atoms with Crippen molar-refractivity contribution < 1.29 is 32.2 Å². The number of imidazole rings is 1. The maximum Gasteiger partial charge on any atom is 0.406 e. The number of carbonyl (C=O) groups is 2. The van der Waals surface area contributed by atoms with Crippen molar-refractivity contribution in [1.29, 1.82) is 0 Å². The zero-order chi connectivity index (χ0) is 23.6. The van der Waals surface area contributed by atoms with Gasteiger partial charge in [0.05, 0.1) is 23.3 Å². The van der Waals surface area contributed by atoms with Gasteiger partial charge in [0.15, 0.2) is 22.4 Å². The fourth-order valence-electron chi connectivity index (χ4n) is 3.30. The van der Waals surface area contributed by atoms with Crippen molar-refractivity contribution in [3.8, 4) is 22.8 Å². The Kier molecular flexibility index (Phi) is 6.32. The van der Waals surface area contributed by atoms with Gasteiger partial charge in [-0.05, 0) is 18.6 Å². The maximum atomic E-state index is 13.2. The van der Waals surface area contributed by atoms with Gasteiger partial charge in [0.2, 0.25) is 12.7 Å². The van der Waals surface area contributed by atoms with Gasteiger partial charge in [0, 0.05) is 11.6 Å². The first-order valence-electron chi connectivity index (χ1n) is 9.76. The van der Waals surface area contributed by atoms with Crippen molar-refractivity contribution in [1.82, 2.24) is 9.55 Å². The third kappa shape index (κ3) is 5.30. The minimum absolute atomic E-state index is 0.00550. The number of hydrogen-bond donors (Lipinski definition) is 1. The number of fused-ring (bicyclic) bond motifs is 1. The molecule has 0 saturated carbocycles. The van der Waals surface area contributed by atoms with Crippen LogP contribution in [0, 0.1) is 0 Å². The van der Waals surface area contributed by atoms with Crippen molar-refractivity contribution in [3.63, 3.8) is 0 Å². The standard InChI is InChI=1S/C22H18F3N3O4S/c1-13(29)15-7-18-19(32-12-31-18)8-16(15)27-20(30)10-33-21-26-9-17(14-5-3-2-4-6-14)28(21)11-22(23,24)25/h2-9H,10-12H2,1H3,(H,27,30). The quantitative estimate of drug-likeness (QED) is 0.390. The van der Waals surface area contributed by atoms with E-state index in [1.54, 1.807) is 30.3 Å². The summed E-state index contributed by atoms with van der Waals surface area (Å²) < 4.78 is 51.2. The molecule has 3 aromatic rings. The molecule has 1 aromatic heterocycles. The molecule has 0 saturated heterocycles. The van der Waals surface area contributed by atoms with Gasteiger partial charge >= 0.3 is 6.18 Å². The average Bonchev–Trinajstić information content (AvgIpc) is 3.37. The summed E-state index contributed by atoms with van der Waals surface area (Å²) in [7, 11) is 0. The van der Waals surface area contributed by atoms with E-state index in [0.717, 1.165) is 16.3 Å².